The lowest BCUT2D eigenvalue weighted by Gasteiger charge is -2.08. The van der Waals surface area contributed by atoms with E-state index in [-0.39, 0.29) is 11.3 Å². The average Bonchev–Trinajstić information content (AvgIpc) is 2.63. The highest BCUT2D eigenvalue weighted by Crippen LogP contribution is 2.14. The molecule has 26 heavy (non-hydrogen) atoms. The molecule has 0 N–H and O–H groups in total. The molecule has 0 aliphatic heterocycles. The third kappa shape index (κ3) is 16.9. The van der Waals surface area contributed by atoms with Crippen LogP contribution in [0.1, 0.15) is 117 Å². The van der Waals surface area contributed by atoms with Crippen molar-refractivity contribution in [3.05, 3.63) is 11.6 Å². The summed E-state index contributed by atoms with van der Waals surface area (Å²) < 4.78 is 5.35. The number of carbonyl (C=O) groups is 1. The molecule has 0 aliphatic carbocycles. The molecule has 0 rings (SSSR count). The first-order chi connectivity index (χ1) is 12.6. The van der Waals surface area contributed by atoms with Gasteiger partial charge < -0.3 is 4.74 Å². The zero-order valence-corrected chi connectivity index (χ0v) is 18.4. The van der Waals surface area contributed by atoms with E-state index in [1.807, 2.05) is 13.0 Å². The predicted octanol–water partition coefficient (Wildman–Crippen LogP) is 7.97. The lowest BCUT2D eigenvalue weighted by molar-refractivity contribution is -0.139. The summed E-state index contributed by atoms with van der Waals surface area (Å²) in [6, 6.07) is 0. The molecule has 0 saturated carbocycles. The monoisotopic (exact) mass is 386 g/mol. The van der Waals surface area contributed by atoms with Gasteiger partial charge in [-0.15, -0.1) is 11.6 Å². The summed E-state index contributed by atoms with van der Waals surface area (Å²) in [5.41, 5.74) is 0.646. The highest BCUT2D eigenvalue weighted by molar-refractivity contribution is 6.22. The van der Waals surface area contributed by atoms with E-state index in [2.05, 4.69) is 13.8 Å². The molecule has 0 saturated heterocycles. The molecule has 0 bridgehead atoms. The van der Waals surface area contributed by atoms with Crippen LogP contribution in [0.3, 0.4) is 0 Å². The number of allylic oxidation sites excluding steroid dienone is 1. The molecule has 0 heterocycles. The van der Waals surface area contributed by atoms with E-state index in [1.165, 1.54) is 70.6 Å². The second kappa shape index (κ2) is 19.3. The van der Waals surface area contributed by atoms with Crippen LogP contribution in [0.15, 0.2) is 11.6 Å². The second-order valence-electron chi connectivity index (χ2n) is 7.53. The number of hydrogen-bond donors (Lipinski definition) is 0. The van der Waals surface area contributed by atoms with Gasteiger partial charge in [0.2, 0.25) is 0 Å². The lowest BCUT2D eigenvalue weighted by atomic mass is 10.1. The number of ether oxygens (including phenoxy) is 1. The highest BCUT2D eigenvalue weighted by atomic mass is 35.5. The van der Waals surface area contributed by atoms with E-state index >= 15 is 0 Å². The van der Waals surface area contributed by atoms with Gasteiger partial charge in [0.1, 0.15) is 0 Å². The summed E-state index contributed by atoms with van der Waals surface area (Å²) in [5, 5.41) is -0.0586. The summed E-state index contributed by atoms with van der Waals surface area (Å²) >= 11 is 6.29. The van der Waals surface area contributed by atoms with E-state index in [4.69, 9.17) is 16.3 Å². The van der Waals surface area contributed by atoms with E-state index in [1.54, 1.807) is 0 Å². The van der Waals surface area contributed by atoms with Gasteiger partial charge in [0.25, 0.3) is 0 Å². The normalized spacial score (nSPS) is 13.0. The molecular formula is C23H43ClO2. The van der Waals surface area contributed by atoms with Gasteiger partial charge in [0, 0.05) is 5.57 Å². The maximum Gasteiger partial charge on any atom is 0.333 e. The fourth-order valence-corrected chi connectivity index (χ4v) is 3.40. The van der Waals surface area contributed by atoms with Gasteiger partial charge in [-0.05, 0) is 19.8 Å². The molecule has 3 heteroatoms. The third-order valence-electron chi connectivity index (χ3n) is 4.82. The molecule has 2 nitrogen and oxygen atoms in total. The first-order valence-corrected chi connectivity index (χ1v) is 11.5. The van der Waals surface area contributed by atoms with E-state index in [9.17, 15) is 4.79 Å². The number of unbranched alkanes of at least 4 members (excludes halogenated alkanes) is 12. The number of alkyl halides is 1. The molecule has 154 valence electrons. The van der Waals surface area contributed by atoms with E-state index in [0.717, 1.165) is 25.7 Å². The van der Waals surface area contributed by atoms with Crippen LogP contribution in [0.4, 0.5) is 0 Å². The summed E-state index contributed by atoms with van der Waals surface area (Å²) in [6.45, 7) is 6.80. The summed E-state index contributed by atoms with van der Waals surface area (Å²) in [7, 11) is 0. The fraction of sp³-hybridized carbons (Fsp3) is 0.870. The van der Waals surface area contributed by atoms with Crippen molar-refractivity contribution in [2.45, 2.75) is 122 Å². The van der Waals surface area contributed by atoms with Crippen molar-refractivity contribution in [3.8, 4) is 0 Å². The summed E-state index contributed by atoms with van der Waals surface area (Å²) in [6.07, 6.45) is 20.5. The van der Waals surface area contributed by atoms with Gasteiger partial charge in [-0.2, -0.15) is 0 Å². The maximum absolute atomic E-state index is 12.0. The van der Waals surface area contributed by atoms with Crippen molar-refractivity contribution in [1.82, 2.24) is 0 Å². The molecule has 0 radical (unpaired) electrons. The SMILES string of the molecule is CCCCCCCCCCCCOC(=O)C(C)=CC(Cl)CCCCCC. The predicted molar refractivity (Wildman–Crippen MR) is 115 cm³/mol. The maximum atomic E-state index is 12.0. The van der Waals surface area contributed by atoms with Crippen LogP contribution in [0.5, 0.6) is 0 Å². The minimum absolute atomic E-state index is 0.0586. The Morgan fingerprint density at radius 1 is 0.808 bits per heavy atom. The number of esters is 1. The third-order valence-corrected chi connectivity index (χ3v) is 5.16. The fourth-order valence-electron chi connectivity index (χ4n) is 3.06. The van der Waals surface area contributed by atoms with Crippen LogP contribution in [0.2, 0.25) is 0 Å². The molecule has 1 unspecified atom stereocenters. The first-order valence-electron chi connectivity index (χ1n) is 11.1. The van der Waals surface area contributed by atoms with Gasteiger partial charge in [0.15, 0.2) is 0 Å². The summed E-state index contributed by atoms with van der Waals surface area (Å²) in [4.78, 5) is 12.0. The Labute approximate surface area is 168 Å². The quantitative estimate of drug-likeness (QED) is 0.103. The highest BCUT2D eigenvalue weighted by Gasteiger charge is 2.09. The Morgan fingerprint density at radius 3 is 1.81 bits per heavy atom. The first kappa shape index (κ1) is 25.5. The molecule has 0 amide bonds. The van der Waals surface area contributed by atoms with E-state index in [0.29, 0.717) is 12.2 Å². The number of hydrogen-bond acceptors (Lipinski definition) is 2. The Hall–Kier alpha value is -0.500. The molecule has 0 aromatic heterocycles. The van der Waals surface area contributed by atoms with Crippen molar-refractivity contribution in [2.75, 3.05) is 6.61 Å². The minimum Gasteiger partial charge on any atom is -0.462 e. The van der Waals surface area contributed by atoms with Crippen LogP contribution in [0, 0.1) is 0 Å². The Morgan fingerprint density at radius 2 is 1.27 bits per heavy atom. The molecule has 0 aliphatic rings. The molecular weight excluding hydrogens is 344 g/mol. The zero-order valence-electron chi connectivity index (χ0n) is 17.7. The topological polar surface area (TPSA) is 26.3 Å². The van der Waals surface area contributed by atoms with Gasteiger partial charge in [-0.3, -0.25) is 0 Å². The van der Waals surface area contributed by atoms with Crippen molar-refractivity contribution in [2.24, 2.45) is 0 Å². The van der Waals surface area contributed by atoms with Crippen LogP contribution >= 0.6 is 11.6 Å². The van der Waals surface area contributed by atoms with E-state index < -0.39 is 0 Å². The Balaban J connectivity index is 3.58. The summed E-state index contributed by atoms with van der Waals surface area (Å²) in [5.74, 6) is -0.208. The van der Waals surface area contributed by atoms with Gasteiger partial charge in [-0.1, -0.05) is 103 Å². The largest absolute Gasteiger partial charge is 0.462 e. The Kier molecular flexibility index (Phi) is 18.9. The second-order valence-corrected chi connectivity index (χ2v) is 8.09. The van der Waals surface area contributed by atoms with Crippen molar-refractivity contribution in [1.29, 1.82) is 0 Å². The molecule has 0 aromatic carbocycles. The lowest BCUT2D eigenvalue weighted by Crippen LogP contribution is -2.09. The van der Waals surface area contributed by atoms with Crippen molar-refractivity contribution in [3.63, 3.8) is 0 Å². The molecule has 0 fully saturated rings. The average molecular weight is 387 g/mol. The molecule has 1 atom stereocenters. The zero-order chi connectivity index (χ0) is 19.5. The van der Waals surface area contributed by atoms with Crippen LogP contribution in [-0.4, -0.2) is 18.0 Å². The van der Waals surface area contributed by atoms with Crippen LogP contribution < -0.4 is 0 Å². The van der Waals surface area contributed by atoms with Crippen molar-refractivity contribution < 1.29 is 9.53 Å². The van der Waals surface area contributed by atoms with Crippen molar-refractivity contribution >= 4 is 17.6 Å². The van der Waals surface area contributed by atoms with Crippen LogP contribution in [0.25, 0.3) is 0 Å². The molecule has 0 spiro atoms. The smallest absolute Gasteiger partial charge is 0.333 e. The number of carbonyl (C=O) groups excluding carboxylic acids is 1. The number of rotatable bonds is 18. The number of halogens is 1. The Bertz CT molecular complexity index is 352. The minimum atomic E-state index is -0.208. The standard InChI is InChI=1S/C23H43ClO2/c1-4-6-8-10-11-12-13-14-15-17-19-26-23(25)21(3)20-22(24)18-16-9-7-5-2/h20,22H,4-19H2,1-3H3. The molecule has 0 aromatic rings. The van der Waals surface area contributed by atoms with Crippen LogP contribution in [-0.2, 0) is 9.53 Å². The van der Waals surface area contributed by atoms with Gasteiger partial charge >= 0.3 is 5.97 Å². The van der Waals surface area contributed by atoms with Gasteiger partial charge in [0.05, 0.1) is 12.0 Å². The van der Waals surface area contributed by atoms with Gasteiger partial charge in [-0.25, -0.2) is 4.79 Å².